The molecule has 9 heteroatoms. The van der Waals surface area contributed by atoms with E-state index < -0.39 is 4.92 Å². The van der Waals surface area contributed by atoms with E-state index in [0.29, 0.717) is 27.7 Å². The quantitative estimate of drug-likeness (QED) is 0.368. The third kappa shape index (κ3) is 4.83. The number of carbonyl (C=O) groups is 1. The van der Waals surface area contributed by atoms with Crippen molar-refractivity contribution in [1.82, 2.24) is 10.2 Å². The zero-order chi connectivity index (χ0) is 19.9. The van der Waals surface area contributed by atoms with Gasteiger partial charge in [0.25, 0.3) is 5.69 Å². The molecule has 0 saturated heterocycles. The standard InChI is InChI=1S/C19H16N4O4S/c1-27-17-8-3-2-7-16(17)20-18(24)12-28-19-10-9-15(21-22-19)13-5-4-6-14(11-13)23(25)26/h2-11H,12H2,1H3,(H,20,24). The van der Waals surface area contributed by atoms with E-state index in [2.05, 4.69) is 15.5 Å². The number of para-hydroxylation sites is 2. The van der Waals surface area contributed by atoms with Crippen molar-refractivity contribution in [1.29, 1.82) is 0 Å². The predicted molar refractivity (Wildman–Crippen MR) is 106 cm³/mol. The molecule has 0 aliphatic heterocycles. The number of ether oxygens (including phenoxy) is 1. The van der Waals surface area contributed by atoms with Gasteiger partial charge in [-0.1, -0.05) is 36.0 Å². The number of thioether (sulfide) groups is 1. The van der Waals surface area contributed by atoms with Gasteiger partial charge in [-0.3, -0.25) is 14.9 Å². The minimum absolute atomic E-state index is 0.00855. The number of nitro benzene ring substituents is 1. The zero-order valence-electron chi connectivity index (χ0n) is 14.9. The lowest BCUT2D eigenvalue weighted by molar-refractivity contribution is -0.384. The van der Waals surface area contributed by atoms with Gasteiger partial charge in [0.1, 0.15) is 10.8 Å². The fourth-order valence-electron chi connectivity index (χ4n) is 2.40. The average molecular weight is 396 g/mol. The summed E-state index contributed by atoms with van der Waals surface area (Å²) in [5.74, 6) is 0.545. The largest absolute Gasteiger partial charge is 0.495 e. The van der Waals surface area contributed by atoms with E-state index in [0.717, 1.165) is 0 Å². The Balaban J connectivity index is 1.61. The normalized spacial score (nSPS) is 10.3. The third-order valence-corrected chi connectivity index (χ3v) is 4.65. The number of rotatable bonds is 7. The second-order valence-corrected chi connectivity index (χ2v) is 6.60. The molecule has 0 saturated carbocycles. The summed E-state index contributed by atoms with van der Waals surface area (Å²) in [6.45, 7) is 0. The van der Waals surface area contributed by atoms with Gasteiger partial charge < -0.3 is 10.1 Å². The van der Waals surface area contributed by atoms with Crippen LogP contribution in [0.25, 0.3) is 11.3 Å². The first-order valence-corrected chi connectivity index (χ1v) is 9.19. The maximum atomic E-state index is 12.1. The second kappa shape index (κ2) is 8.96. The van der Waals surface area contributed by atoms with E-state index in [4.69, 9.17) is 4.74 Å². The van der Waals surface area contributed by atoms with Crippen molar-refractivity contribution in [2.45, 2.75) is 5.03 Å². The van der Waals surface area contributed by atoms with E-state index in [1.165, 1.54) is 31.0 Å². The molecule has 0 aliphatic rings. The number of methoxy groups -OCH3 is 1. The topological polar surface area (TPSA) is 107 Å². The smallest absolute Gasteiger partial charge is 0.270 e. The first-order chi connectivity index (χ1) is 13.6. The Morgan fingerprint density at radius 2 is 1.96 bits per heavy atom. The highest BCUT2D eigenvalue weighted by atomic mass is 32.2. The van der Waals surface area contributed by atoms with E-state index in [1.807, 2.05) is 12.1 Å². The van der Waals surface area contributed by atoms with E-state index in [-0.39, 0.29) is 17.3 Å². The third-order valence-electron chi connectivity index (χ3n) is 3.73. The maximum Gasteiger partial charge on any atom is 0.270 e. The summed E-state index contributed by atoms with van der Waals surface area (Å²) < 4.78 is 5.20. The van der Waals surface area contributed by atoms with E-state index >= 15 is 0 Å². The van der Waals surface area contributed by atoms with Crippen LogP contribution < -0.4 is 10.1 Å². The van der Waals surface area contributed by atoms with Crippen LogP contribution in [0.5, 0.6) is 5.75 Å². The second-order valence-electron chi connectivity index (χ2n) is 5.60. The molecule has 28 heavy (non-hydrogen) atoms. The summed E-state index contributed by atoms with van der Waals surface area (Å²) >= 11 is 1.24. The Kier molecular flexibility index (Phi) is 6.18. The molecule has 3 rings (SSSR count). The van der Waals surface area contributed by atoms with Crippen LogP contribution >= 0.6 is 11.8 Å². The molecule has 1 amide bonds. The summed E-state index contributed by atoms with van der Waals surface area (Å²) in [5.41, 5.74) is 1.71. The first-order valence-electron chi connectivity index (χ1n) is 8.21. The molecule has 0 atom stereocenters. The number of nitro groups is 1. The molecule has 8 nitrogen and oxygen atoms in total. The van der Waals surface area contributed by atoms with Crippen LogP contribution in [0.3, 0.4) is 0 Å². The maximum absolute atomic E-state index is 12.1. The van der Waals surface area contributed by atoms with Gasteiger partial charge in [-0.05, 0) is 24.3 Å². The summed E-state index contributed by atoms with van der Waals surface area (Å²) in [5, 5.41) is 22.4. The highest BCUT2D eigenvalue weighted by Crippen LogP contribution is 2.25. The van der Waals surface area contributed by atoms with Gasteiger partial charge in [-0.2, -0.15) is 0 Å². The number of nitrogens with zero attached hydrogens (tertiary/aromatic N) is 3. The van der Waals surface area contributed by atoms with Crippen LogP contribution in [0.2, 0.25) is 0 Å². The molecule has 0 spiro atoms. The Morgan fingerprint density at radius 3 is 2.68 bits per heavy atom. The molecule has 0 aliphatic carbocycles. The number of hydrogen-bond donors (Lipinski definition) is 1. The van der Waals surface area contributed by atoms with Gasteiger partial charge in [-0.25, -0.2) is 0 Å². The molecule has 142 valence electrons. The number of amides is 1. The Hall–Kier alpha value is -3.46. The first kappa shape index (κ1) is 19.3. The SMILES string of the molecule is COc1ccccc1NC(=O)CSc1ccc(-c2cccc([N+](=O)[O-])c2)nn1. The van der Waals surface area contributed by atoms with Gasteiger partial charge in [0.2, 0.25) is 5.91 Å². The highest BCUT2D eigenvalue weighted by Gasteiger charge is 2.10. The molecule has 1 heterocycles. The number of aromatic nitrogens is 2. The predicted octanol–water partition coefficient (Wildman–Crippen LogP) is 3.79. The zero-order valence-corrected chi connectivity index (χ0v) is 15.7. The highest BCUT2D eigenvalue weighted by molar-refractivity contribution is 7.99. The number of non-ortho nitro benzene ring substituents is 1. The fraction of sp³-hybridized carbons (Fsp3) is 0.105. The van der Waals surface area contributed by atoms with Crippen molar-refractivity contribution < 1.29 is 14.5 Å². The minimum atomic E-state index is -0.457. The fourth-order valence-corrected chi connectivity index (χ4v) is 3.02. The number of hydrogen-bond acceptors (Lipinski definition) is 7. The van der Waals surface area contributed by atoms with Gasteiger partial charge in [0, 0.05) is 17.7 Å². The van der Waals surface area contributed by atoms with Crippen molar-refractivity contribution in [3.05, 3.63) is 70.8 Å². The minimum Gasteiger partial charge on any atom is -0.495 e. The molecule has 0 fully saturated rings. The lowest BCUT2D eigenvalue weighted by Gasteiger charge is -2.09. The van der Waals surface area contributed by atoms with Crippen LogP contribution in [0.4, 0.5) is 11.4 Å². The van der Waals surface area contributed by atoms with Gasteiger partial charge in [-0.15, -0.1) is 10.2 Å². The van der Waals surface area contributed by atoms with E-state index in [9.17, 15) is 14.9 Å². The number of benzene rings is 2. The molecule has 1 aromatic heterocycles. The van der Waals surface area contributed by atoms with Crippen molar-refractivity contribution in [2.75, 3.05) is 18.2 Å². The monoisotopic (exact) mass is 396 g/mol. The van der Waals surface area contributed by atoms with Crippen LogP contribution in [-0.2, 0) is 4.79 Å². The number of nitrogens with one attached hydrogen (secondary N) is 1. The molecule has 3 aromatic rings. The molecule has 0 radical (unpaired) electrons. The number of carbonyl (C=O) groups excluding carboxylic acids is 1. The Labute approximate surface area is 165 Å². The molecular weight excluding hydrogens is 380 g/mol. The van der Waals surface area contributed by atoms with E-state index in [1.54, 1.807) is 36.4 Å². The van der Waals surface area contributed by atoms with Crippen molar-refractivity contribution in [2.24, 2.45) is 0 Å². The molecule has 1 N–H and O–H groups in total. The number of anilines is 1. The summed E-state index contributed by atoms with van der Waals surface area (Å²) in [7, 11) is 1.54. The summed E-state index contributed by atoms with van der Waals surface area (Å²) in [6.07, 6.45) is 0. The van der Waals surface area contributed by atoms with Crippen LogP contribution in [0.15, 0.2) is 65.7 Å². The summed E-state index contributed by atoms with van der Waals surface area (Å²) in [4.78, 5) is 22.6. The van der Waals surface area contributed by atoms with Crippen LogP contribution in [-0.4, -0.2) is 33.9 Å². The van der Waals surface area contributed by atoms with Gasteiger partial charge in [0.05, 0.1) is 29.2 Å². The molecule has 0 unspecified atom stereocenters. The summed E-state index contributed by atoms with van der Waals surface area (Å²) in [6, 6.07) is 16.8. The van der Waals surface area contributed by atoms with Crippen LogP contribution in [0, 0.1) is 10.1 Å². The molecule has 2 aromatic carbocycles. The Morgan fingerprint density at radius 1 is 1.14 bits per heavy atom. The molecular formula is C19H16N4O4S. The lowest BCUT2D eigenvalue weighted by atomic mass is 10.1. The van der Waals surface area contributed by atoms with Crippen molar-refractivity contribution >= 4 is 29.0 Å². The van der Waals surface area contributed by atoms with Crippen molar-refractivity contribution in [3.63, 3.8) is 0 Å². The van der Waals surface area contributed by atoms with Gasteiger partial charge >= 0.3 is 0 Å². The molecule has 0 bridgehead atoms. The van der Waals surface area contributed by atoms with Crippen molar-refractivity contribution in [3.8, 4) is 17.0 Å². The van der Waals surface area contributed by atoms with Crippen LogP contribution in [0.1, 0.15) is 0 Å². The average Bonchev–Trinajstić information content (AvgIpc) is 2.73. The lowest BCUT2D eigenvalue weighted by Crippen LogP contribution is -2.14. The Bertz CT molecular complexity index is 995. The van der Waals surface area contributed by atoms with Gasteiger partial charge in [0.15, 0.2) is 0 Å².